The molecular formula is C31H37F3N2S. The number of benzene rings is 2. The van der Waals surface area contributed by atoms with Crippen molar-refractivity contribution < 1.29 is 13.2 Å². The van der Waals surface area contributed by atoms with Gasteiger partial charge in [-0.2, -0.15) is 13.2 Å². The highest BCUT2D eigenvalue weighted by Crippen LogP contribution is 2.46. The molecule has 198 valence electrons. The molecule has 0 fully saturated rings. The van der Waals surface area contributed by atoms with E-state index in [0.717, 1.165) is 48.7 Å². The summed E-state index contributed by atoms with van der Waals surface area (Å²) in [5.74, 6) is 1.17. The highest BCUT2D eigenvalue weighted by atomic mass is 32.2. The molecule has 6 heteroatoms. The van der Waals surface area contributed by atoms with Gasteiger partial charge in [0, 0.05) is 45.0 Å². The fourth-order valence-corrected chi connectivity index (χ4v) is 6.36. The summed E-state index contributed by atoms with van der Waals surface area (Å²) >= 11 is 1.93. The van der Waals surface area contributed by atoms with Crippen molar-refractivity contribution in [2.75, 3.05) is 11.1 Å². The van der Waals surface area contributed by atoms with Gasteiger partial charge in [-0.3, -0.25) is 0 Å². The number of fused-ring (bicyclic) bond motifs is 3. The fourth-order valence-electron chi connectivity index (χ4n) is 5.43. The van der Waals surface area contributed by atoms with Crippen LogP contribution in [0.4, 0.5) is 18.9 Å². The molecule has 2 nitrogen and oxygen atoms in total. The van der Waals surface area contributed by atoms with Crippen molar-refractivity contribution in [2.45, 2.75) is 82.8 Å². The summed E-state index contributed by atoms with van der Waals surface area (Å²) in [4.78, 5) is 1.34. The molecule has 0 spiro atoms. The molecule has 2 aromatic carbocycles. The largest absolute Gasteiger partial charge is 0.417 e. The summed E-state index contributed by atoms with van der Waals surface area (Å²) in [5.41, 5.74) is 3.38. The summed E-state index contributed by atoms with van der Waals surface area (Å²) < 4.78 is 44.2. The standard InChI is InChI=1S/C31H37F3N2S/c1-4-27-23(3)29-28(18-17-26-30(29)25(31(32,33)34)21-22(2)35-26)36(27)19-13-8-6-5-7-9-14-20-37-24-15-11-10-12-16-24/h10-12,15-18,21,35H,2,4-9,13-14,19-20H2,1,3H3. The van der Waals surface area contributed by atoms with Crippen LogP contribution in [0.2, 0.25) is 0 Å². The van der Waals surface area contributed by atoms with Crippen LogP contribution in [0.25, 0.3) is 16.5 Å². The van der Waals surface area contributed by atoms with Crippen LogP contribution < -0.4 is 5.32 Å². The molecule has 0 saturated carbocycles. The quantitative estimate of drug-likeness (QED) is 0.187. The third-order valence-electron chi connectivity index (χ3n) is 7.17. The van der Waals surface area contributed by atoms with Crippen molar-refractivity contribution in [1.29, 1.82) is 0 Å². The van der Waals surface area contributed by atoms with E-state index in [4.69, 9.17) is 0 Å². The number of nitrogens with one attached hydrogen (secondary N) is 1. The number of aromatic nitrogens is 1. The van der Waals surface area contributed by atoms with E-state index in [9.17, 15) is 13.2 Å². The zero-order chi connectivity index (χ0) is 26.4. The Balaban J connectivity index is 1.33. The minimum Gasteiger partial charge on any atom is -0.355 e. The number of thioether (sulfide) groups is 1. The Kier molecular flexibility index (Phi) is 9.12. The molecule has 37 heavy (non-hydrogen) atoms. The van der Waals surface area contributed by atoms with Crippen molar-refractivity contribution in [3.8, 4) is 0 Å². The highest BCUT2D eigenvalue weighted by molar-refractivity contribution is 7.99. The molecule has 0 radical (unpaired) electrons. The lowest BCUT2D eigenvalue weighted by molar-refractivity contribution is -0.0688. The maximum atomic E-state index is 14.0. The van der Waals surface area contributed by atoms with Crippen LogP contribution in [-0.2, 0) is 13.0 Å². The molecule has 1 aliphatic heterocycles. The van der Waals surface area contributed by atoms with Crippen LogP contribution in [0.3, 0.4) is 0 Å². The van der Waals surface area contributed by atoms with Gasteiger partial charge in [-0.1, -0.05) is 63.8 Å². The first-order valence-corrected chi connectivity index (χ1v) is 14.4. The molecular weight excluding hydrogens is 489 g/mol. The molecule has 3 aromatic rings. The van der Waals surface area contributed by atoms with E-state index in [-0.39, 0.29) is 11.3 Å². The van der Waals surface area contributed by atoms with Crippen molar-refractivity contribution in [2.24, 2.45) is 0 Å². The van der Waals surface area contributed by atoms with Gasteiger partial charge in [-0.15, -0.1) is 11.8 Å². The Morgan fingerprint density at radius 2 is 1.59 bits per heavy atom. The SMILES string of the molecule is C=C1C=C(C(F)(F)F)c2c(ccc3c2c(C)c(CC)n3CCCCCCCCCSc2ccccc2)N1. The zero-order valence-electron chi connectivity index (χ0n) is 21.9. The van der Waals surface area contributed by atoms with Crippen molar-refractivity contribution in [3.63, 3.8) is 0 Å². The molecule has 2 heterocycles. The van der Waals surface area contributed by atoms with Gasteiger partial charge in [0.15, 0.2) is 0 Å². The second kappa shape index (κ2) is 12.3. The van der Waals surface area contributed by atoms with E-state index in [0.29, 0.717) is 11.1 Å². The number of aryl methyl sites for hydroxylation is 2. The molecule has 0 aliphatic carbocycles. The second-order valence-electron chi connectivity index (χ2n) is 9.80. The predicted molar refractivity (Wildman–Crippen MR) is 152 cm³/mol. The number of anilines is 1. The lowest BCUT2D eigenvalue weighted by Crippen LogP contribution is -2.17. The Morgan fingerprint density at radius 3 is 2.27 bits per heavy atom. The average molecular weight is 527 g/mol. The number of unbranched alkanes of at least 4 members (excludes halogenated alkanes) is 6. The summed E-state index contributed by atoms with van der Waals surface area (Å²) in [7, 11) is 0. The van der Waals surface area contributed by atoms with Crippen LogP contribution >= 0.6 is 11.8 Å². The molecule has 0 amide bonds. The maximum Gasteiger partial charge on any atom is 0.417 e. The molecule has 0 atom stereocenters. The van der Waals surface area contributed by atoms with E-state index in [1.165, 1.54) is 42.8 Å². The van der Waals surface area contributed by atoms with Crippen LogP contribution in [0.1, 0.15) is 68.7 Å². The number of halogens is 3. The lowest BCUT2D eigenvalue weighted by Gasteiger charge is -2.24. The van der Waals surface area contributed by atoms with Crippen LogP contribution in [-0.4, -0.2) is 16.5 Å². The average Bonchev–Trinajstić information content (AvgIpc) is 3.15. The van der Waals surface area contributed by atoms with E-state index in [1.807, 2.05) is 24.8 Å². The van der Waals surface area contributed by atoms with Gasteiger partial charge in [0.1, 0.15) is 0 Å². The van der Waals surface area contributed by atoms with Gasteiger partial charge in [-0.25, -0.2) is 0 Å². The van der Waals surface area contributed by atoms with E-state index in [2.05, 4.69) is 53.7 Å². The van der Waals surface area contributed by atoms with Crippen LogP contribution in [0.5, 0.6) is 0 Å². The maximum absolute atomic E-state index is 14.0. The first kappa shape index (κ1) is 27.4. The Hall–Kier alpha value is -2.60. The summed E-state index contributed by atoms with van der Waals surface area (Å²) in [5, 5.41) is 3.75. The number of alkyl halides is 3. The van der Waals surface area contributed by atoms with E-state index < -0.39 is 11.7 Å². The lowest BCUT2D eigenvalue weighted by atomic mass is 9.93. The Labute approximate surface area is 223 Å². The Bertz CT molecular complexity index is 1260. The summed E-state index contributed by atoms with van der Waals surface area (Å²) in [6, 6.07) is 14.3. The second-order valence-corrected chi connectivity index (χ2v) is 11.0. The van der Waals surface area contributed by atoms with Crippen LogP contribution in [0, 0.1) is 6.92 Å². The number of hydrogen-bond acceptors (Lipinski definition) is 2. The monoisotopic (exact) mass is 526 g/mol. The number of allylic oxidation sites excluding steroid dienone is 2. The molecule has 0 bridgehead atoms. The summed E-state index contributed by atoms with van der Waals surface area (Å²) in [6.45, 7) is 8.61. The number of nitrogens with zero attached hydrogens (tertiary/aromatic N) is 1. The minimum absolute atomic E-state index is 0.258. The fraction of sp³-hybridized carbons (Fsp3) is 0.419. The first-order valence-electron chi connectivity index (χ1n) is 13.4. The molecule has 0 unspecified atom stereocenters. The molecule has 4 rings (SSSR count). The van der Waals surface area contributed by atoms with Gasteiger partial charge in [-0.05, 0) is 67.8 Å². The molecule has 1 N–H and O–H groups in total. The summed E-state index contributed by atoms with van der Waals surface area (Å²) in [6.07, 6.45) is 5.88. The van der Waals surface area contributed by atoms with Gasteiger partial charge in [0.25, 0.3) is 0 Å². The van der Waals surface area contributed by atoms with Crippen molar-refractivity contribution >= 4 is 33.9 Å². The van der Waals surface area contributed by atoms with Crippen molar-refractivity contribution in [3.05, 3.63) is 77.6 Å². The van der Waals surface area contributed by atoms with Crippen molar-refractivity contribution in [1.82, 2.24) is 4.57 Å². The first-order chi connectivity index (χ1) is 17.8. The van der Waals surface area contributed by atoms with Gasteiger partial charge in [0.05, 0.1) is 5.57 Å². The van der Waals surface area contributed by atoms with Gasteiger partial charge < -0.3 is 9.88 Å². The Morgan fingerprint density at radius 1 is 0.919 bits per heavy atom. The predicted octanol–water partition coefficient (Wildman–Crippen LogP) is 9.92. The molecule has 0 saturated heterocycles. The van der Waals surface area contributed by atoms with Gasteiger partial charge >= 0.3 is 6.18 Å². The highest BCUT2D eigenvalue weighted by Gasteiger charge is 2.39. The smallest absolute Gasteiger partial charge is 0.355 e. The normalized spacial score (nSPS) is 13.5. The minimum atomic E-state index is -4.44. The van der Waals surface area contributed by atoms with Crippen LogP contribution in [0.15, 0.2) is 65.7 Å². The molecule has 1 aromatic heterocycles. The number of rotatable bonds is 12. The van der Waals surface area contributed by atoms with E-state index >= 15 is 0 Å². The zero-order valence-corrected chi connectivity index (χ0v) is 22.7. The third kappa shape index (κ3) is 6.46. The van der Waals surface area contributed by atoms with Gasteiger partial charge in [0.2, 0.25) is 0 Å². The topological polar surface area (TPSA) is 17.0 Å². The van der Waals surface area contributed by atoms with E-state index in [1.54, 1.807) is 6.07 Å². The molecule has 1 aliphatic rings. The third-order valence-corrected chi connectivity index (χ3v) is 8.27. The number of hydrogen-bond donors (Lipinski definition) is 1.